The molecule has 0 saturated carbocycles. The van der Waals surface area contributed by atoms with Crippen LogP contribution in [0, 0.1) is 0 Å². The minimum absolute atomic E-state index is 0.0427. The first-order valence-electron chi connectivity index (χ1n) is 4.96. The molecule has 0 spiro atoms. The third-order valence-corrected chi connectivity index (χ3v) is 4.96. The van der Waals surface area contributed by atoms with Gasteiger partial charge in [0.2, 0.25) is 0 Å². The molecule has 102 valence electrons. The van der Waals surface area contributed by atoms with Crippen LogP contribution in [0.1, 0.15) is 0 Å². The number of hydrogen-bond acceptors (Lipinski definition) is 3. The van der Waals surface area contributed by atoms with Crippen LogP contribution in [0.25, 0.3) is 0 Å². The van der Waals surface area contributed by atoms with Crippen LogP contribution in [0.3, 0.4) is 0 Å². The van der Waals surface area contributed by atoms with Crippen molar-refractivity contribution >= 4 is 54.8 Å². The molecule has 0 saturated heterocycles. The second-order valence-corrected chi connectivity index (χ2v) is 6.98. The molecule has 0 amide bonds. The van der Waals surface area contributed by atoms with Crippen LogP contribution in [0.2, 0.25) is 10.0 Å². The van der Waals surface area contributed by atoms with E-state index in [0.717, 1.165) is 0 Å². The summed E-state index contributed by atoms with van der Waals surface area (Å²) in [5, 5.41) is 3.99. The minimum Gasteiger partial charge on any atom is -0.277 e. The zero-order chi connectivity index (χ0) is 14.2. The summed E-state index contributed by atoms with van der Waals surface area (Å²) in [4.78, 5) is 0. The summed E-state index contributed by atoms with van der Waals surface area (Å²) in [5.74, 6) is 0. The van der Waals surface area contributed by atoms with Gasteiger partial charge in [-0.05, 0) is 18.2 Å². The van der Waals surface area contributed by atoms with Crippen molar-refractivity contribution in [2.75, 3.05) is 4.72 Å². The topological polar surface area (TPSA) is 64.0 Å². The molecule has 0 unspecified atom stereocenters. The van der Waals surface area contributed by atoms with Crippen molar-refractivity contribution in [3.8, 4) is 0 Å². The van der Waals surface area contributed by atoms with Crippen LogP contribution in [-0.4, -0.2) is 18.2 Å². The highest BCUT2D eigenvalue weighted by Crippen LogP contribution is 2.29. The molecule has 0 fully saturated rings. The lowest BCUT2D eigenvalue weighted by atomic mass is 10.3. The van der Waals surface area contributed by atoms with Gasteiger partial charge in [0.25, 0.3) is 10.0 Å². The number of aryl methyl sites for hydroxylation is 1. The molecule has 0 bridgehead atoms. The first kappa shape index (κ1) is 14.6. The fourth-order valence-corrected chi connectivity index (χ4v) is 3.78. The molecule has 1 heterocycles. The van der Waals surface area contributed by atoms with E-state index in [4.69, 9.17) is 23.2 Å². The van der Waals surface area contributed by atoms with Crippen LogP contribution in [-0.2, 0) is 17.1 Å². The molecule has 2 aromatic rings. The molecule has 0 aliphatic carbocycles. The summed E-state index contributed by atoms with van der Waals surface area (Å²) in [6.45, 7) is 0. The number of sulfonamides is 1. The van der Waals surface area contributed by atoms with E-state index < -0.39 is 10.0 Å². The van der Waals surface area contributed by atoms with Crippen molar-refractivity contribution in [2.45, 2.75) is 5.03 Å². The van der Waals surface area contributed by atoms with E-state index in [1.54, 1.807) is 18.2 Å². The summed E-state index contributed by atoms with van der Waals surface area (Å²) < 4.78 is 28.7. The van der Waals surface area contributed by atoms with Crippen molar-refractivity contribution in [2.24, 2.45) is 7.05 Å². The molecule has 2 rings (SSSR count). The maximum atomic E-state index is 12.2. The normalized spacial score (nSPS) is 11.6. The van der Waals surface area contributed by atoms with Crippen LogP contribution in [0.5, 0.6) is 0 Å². The summed E-state index contributed by atoms with van der Waals surface area (Å²) >= 11 is 15.0. The smallest absolute Gasteiger partial charge is 0.277 e. The van der Waals surface area contributed by atoms with Gasteiger partial charge in [-0.3, -0.25) is 9.40 Å². The average molecular weight is 385 g/mol. The predicted octanol–water partition coefficient (Wildman–Crippen LogP) is 3.29. The standard InChI is InChI=1S/C10H8BrCl2N3O2S/c1-16-10(8(13)5-14-16)19(17,18)15-9-4-6(11)2-3-7(9)12/h2-5,15H,1H3. The van der Waals surface area contributed by atoms with Gasteiger partial charge in [0.1, 0.15) is 0 Å². The first-order valence-corrected chi connectivity index (χ1v) is 8.00. The van der Waals surface area contributed by atoms with E-state index in [9.17, 15) is 8.42 Å². The quantitative estimate of drug-likeness (QED) is 0.882. The third kappa shape index (κ3) is 3.05. The Labute approximate surface area is 128 Å². The van der Waals surface area contributed by atoms with Crippen molar-refractivity contribution in [3.63, 3.8) is 0 Å². The van der Waals surface area contributed by atoms with E-state index in [0.29, 0.717) is 4.47 Å². The fraction of sp³-hybridized carbons (Fsp3) is 0.100. The monoisotopic (exact) mass is 383 g/mol. The van der Waals surface area contributed by atoms with E-state index in [1.807, 2.05) is 0 Å². The van der Waals surface area contributed by atoms with Gasteiger partial charge in [0.05, 0.1) is 21.9 Å². The van der Waals surface area contributed by atoms with Gasteiger partial charge in [-0.2, -0.15) is 13.5 Å². The van der Waals surface area contributed by atoms with Crippen LogP contribution >= 0.6 is 39.1 Å². The zero-order valence-electron chi connectivity index (χ0n) is 9.56. The minimum atomic E-state index is -3.86. The molecule has 0 atom stereocenters. The summed E-state index contributed by atoms with van der Waals surface area (Å²) in [6.07, 6.45) is 1.26. The number of benzene rings is 1. The number of rotatable bonds is 3. The first-order chi connectivity index (χ1) is 8.81. The van der Waals surface area contributed by atoms with Gasteiger partial charge >= 0.3 is 0 Å². The maximum Gasteiger partial charge on any atom is 0.280 e. The van der Waals surface area contributed by atoms with Crippen LogP contribution < -0.4 is 4.72 Å². The average Bonchev–Trinajstić information content (AvgIpc) is 2.64. The predicted molar refractivity (Wildman–Crippen MR) is 78.2 cm³/mol. The molecule has 0 aliphatic rings. The number of halogens is 3. The fourth-order valence-electron chi connectivity index (χ4n) is 1.47. The Morgan fingerprint density at radius 1 is 1.32 bits per heavy atom. The molecular formula is C10H8BrCl2N3O2S. The van der Waals surface area contributed by atoms with Crippen molar-refractivity contribution in [1.82, 2.24) is 9.78 Å². The van der Waals surface area contributed by atoms with Crippen LogP contribution in [0.15, 0.2) is 33.9 Å². The Kier molecular flexibility index (Phi) is 4.10. The number of nitrogens with zero attached hydrogens (tertiary/aromatic N) is 2. The molecule has 9 heteroatoms. The second kappa shape index (κ2) is 5.32. The van der Waals surface area contributed by atoms with E-state index in [2.05, 4.69) is 25.8 Å². The van der Waals surface area contributed by atoms with Crippen molar-refractivity contribution in [3.05, 3.63) is 38.9 Å². The summed E-state index contributed by atoms with van der Waals surface area (Å²) in [7, 11) is -2.37. The van der Waals surface area contributed by atoms with Gasteiger partial charge in [-0.1, -0.05) is 39.1 Å². The van der Waals surface area contributed by atoms with Gasteiger partial charge in [-0.15, -0.1) is 0 Å². The lowest BCUT2D eigenvalue weighted by Crippen LogP contribution is -2.17. The lowest BCUT2D eigenvalue weighted by molar-refractivity contribution is 0.582. The van der Waals surface area contributed by atoms with Crippen molar-refractivity contribution in [1.29, 1.82) is 0 Å². The lowest BCUT2D eigenvalue weighted by Gasteiger charge is -2.10. The Balaban J connectivity index is 2.45. The Bertz CT molecular complexity index is 711. The molecule has 0 aliphatic heterocycles. The number of anilines is 1. The second-order valence-electron chi connectivity index (χ2n) is 3.65. The SMILES string of the molecule is Cn1ncc(Cl)c1S(=O)(=O)Nc1cc(Br)ccc1Cl. The molecule has 1 aromatic carbocycles. The summed E-state index contributed by atoms with van der Waals surface area (Å²) in [6, 6.07) is 4.84. The zero-order valence-corrected chi connectivity index (χ0v) is 13.5. The van der Waals surface area contributed by atoms with Crippen LogP contribution in [0.4, 0.5) is 5.69 Å². The molecule has 1 N–H and O–H groups in total. The highest BCUT2D eigenvalue weighted by Gasteiger charge is 2.23. The van der Waals surface area contributed by atoms with Gasteiger partial charge in [-0.25, -0.2) is 0 Å². The molecular weight excluding hydrogens is 377 g/mol. The molecule has 0 radical (unpaired) electrons. The Hall–Kier alpha value is -0.760. The van der Waals surface area contributed by atoms with E-state index >= 15 is 0 Å². The number of nitrogens with one attached hydrogen (secondary N) is 1. The third-order valence-electron chi connectivity index (χ3n) is 2.27. The number of aromatic nitrogens is 2. The highest BCUT2D eigenvalue weighted by molar-refractivity contribution is 9.10. The largest absolute Gasteiger partial charge is 0.280 e. The van der Waals surface area contributed by atoms with Gasteiger partial charge < -0.3 is 0 Å². The van der Waals surface area contributed by atoms with Gasteiger partial charge in [0.15, 0.2) is 5.03 Å². The highest BCUT2D eigenvalue weighted by atomic mass is 79.9. The number of hydrogen-bond donors (Lipinski definition) is 1. The van der Waals surface area contributed by atoms with Gasteiger partial charge in [0, 0.05) is 11.5 Å². The Morgan fingerprint density at radius 3 is 2.58 bits per heavy atom. The molecule has 1 aromatic heterocycles. The molecule has 5 nitrogen and oxygen atoms in total. The Morgan fingerprint density at radius 2 is 2.00 bits per heavy atom. The van der Waals surface area contributed by atoms with Crippen molar-refractivity contribution < 1.29 is 8.42 Å². The molecule has 19 heavy (non-hydrogen) atoms. The maximum absolute atomic E-state index is 12.2. The van der Waals surface area contributed by atoms with E-state index in [1.165, 1.54) is 17.9 Å². The van der Waals surface area contributed by atoms with E-state index in [-0.39, 0.29) is 20.8 Å². The summed E-state index contributed by atoms with van der Waals surface area (Å²) in [5.41, 5.74) is 0.258.